The van der Waals surface area contributed by atoms with Crippen LogP contribution in [-0.2, 0) is 21.2 Å². The number of rotatable bonds is 9. The first-order valence-corrected chi connectivity index (χ1v) is 11.6. The van der Waals surface area contributed by atoms with Crippen LogP contribution in [0.3, 0.4) is 0 Å². The van der Waals surface area contributed by atoms with Gasteiger partial charge in [-0.2, -0.15) is 4.72 Å². The topological polar surface area (TPSA) is 84.5 Å². The van der Waals surface area contributed by atoms with Crippen LogP contribution in [0.1, 0.15) is 12.5 Å². The maximum absolute atomic E-state index is 13.1. The molecule has 3 aromatic carbocycles. The molecule has 3 rings (SSSR count). The summed E-state index contributed by atoms with van der Waals surface area (Å²) in [6, 6.07) is 20.9. The number of para-hydroxylation sites is 2. The average Bonchev–Trinajstić information content (AvgIpc) is 2.76. The number of sulfonamides is 1. The third-order valence-electron chi connectivity index (χ3n) is 4.47. The second-order valence-electron chi connectivity index (χ2n) is 6.74. The van der Waals surface area contributed by atoms with Gasteiger partial charge in [0.15, 0.2) is 0 Å². The number of carbonyl (C=O) groups is 1. The summed E-state index contributed by atoms with van der Waals surface area (Å²) in [6.07, 6.45) is 0.177. The third-order valence-corrected chi connectivity index (χ3v) is 6.20. The van der Waals surface area contributed by atoms with Crippen LogP contribution in [0.15, 0.2) is 83.8 Å². The molecule has 0 fully saturated rings. The van der Waals surface area contributed by atoms with Crippen molar-refractivity contribution in [2.24, 2.45) is 0 Å². The van der Waals surface area contributed by atoms with Crippen LogP contribution in [0.5, 0.6) is 5.75 Å². The molecule has 0 radical (unpaired) electrons. The van der Waals surface area contributed by atoms with Crippen LogP contribution in [0.4, 0.5) is 5.69 Å². The standard InChI is InChI=1S/C23H23ClN2O4S/c1-2-30-22-11-7-6-10-20(22)25-23(27)21(16-17-8-4-3-5-9-17)26-31(28,29)19-14-12-18(24)13-15-19/h3-15,21,26H,2,16H2,1H3,(H,25,27)/t21-/m0/s1. The van der Waals surface area contributed by atoms with E-state index >= 15 is 0 Å². The predicted molar refractivity (Wildman–Crippen MR) is 122 cm³/mol. The van der Waals surface area contributed by atoms with E-state index in [0.29, 0.717) is 23.1 Å². The highest BCUT2D eigenvalue weighted by Crippen LogP contribution is 2.24. The van der Waals surface area contributed by atoms with E-state index in [2.05, 4.69) is 10.0 Å². The SMILES string of the molecule is CCOc1ccccc1NC(=O)[C@H](Cc1ccccc1)NS(=O)(=O)c1ccc(Cl)cc1. The fourth-order valence-corrected chi connectivity index (χ4v) is 4.30. The number of halogens is 1. The summed E-state index contributed by atoms with van der Waals surface area (Å²) in [7, 11) is -3.95. The summed E-state index contributed by atoms with van der Waals surface area (Å²) in [5, 5.41) is 3.21. The van der Waals surface area contributed by atoms with Gasteiger partial charge in [0.05, 0.1) is 17.2 Å². The number of nitrogens with one attached hydrogen (secondary N) is 2. The monoisotopic (exact) mass is 458 g/mol. The van der Waals surface area contributed by atoms with E-state index in [1.807, 2.05) is 37.3 Å². The zero-order valence-corrected chi connectivity index (χ0v) is 18.5. The van der Waals surface area contributed by atoms with Gasteiger partial charge in [0.25, 0.3) is 0 Å². The van der Waals surface area contributed by atoms with Gasteiger partial charge in [-0.3, -0.25) is 4.79 Å². The van der Waals surface area contributed by atoms with Crippen molar-refractivity contribution in [1.29, 1.82) is 0 Å². The Morgan fingerprint density at radius 1 is 0.968 bits per heavy atom. The Morgan fingerprint density at radius 2 is 1.61 bits per heavy atom. The Balaban J connectivity index is 1.87. The highest BCUT2D eigenvalue weighted by atomic mass is 35.5. The van der Waals surface area contributed by atoms with Gasteiger partial charge >= 0.3 is 0 Å². The van der Waals surface area contributed by atoms with E-state index < -0.39 is 22.0 Å². The third kappa shape index (κ3) is 6.30. The Morgan fingerprint density at radius 3 is 2.29 bits per heavy atom. The van der Waals surface area contributed by atoms with Gasteiger partial charge in [0.1, 0.15) is 11.8 Å². The molecule has 0 spiro atoms. The molecule has 8 heteroatoms. The van der Waals surface area contributed by atoms with Crippen molar-refractivity contribution in [3.63, 3.8) is 0 Å². The summed E-state index contributed by atoms with van der Waals surface area (Å²) < 4.78 is 33.9. The molecule has 0 unspecified atom stereocenters. The van der Waals surface area contributed by atoms with E-state index in [1.165, 1.54) is 24.3 Å². The molecule has 3 aromatic rings. The van der Waals surface area contributed by atoms with Crippen LogP contribution in [0, 0.1) is 0 Å². The van der Waals surface area contributed by atoms with E-state index in [0.717, 1.165) is 5.56 Å². The molecule has 0 aromatic heterocycles. The molecule has 6 nitrogen and oxygen atoms in total. The quantitative estimate of drug-likeness (QED) is 0.501. The van der Waals surface area contributed by atoms with Crippen molar-refractivity contribution in [2.75, 3.05) is 11.9 Å². The minimum Gasteiger partial charge on any atom is -0.492 e. The van der Waals surface area contributed by atoms with E-state index in [9.17, 15) is 13.2 Å². The van der Waals surface area contributed by atoms with E-state index in [-0.39, 0.29) is 11.3 Å². The lowest BCUT2D eigenvalue weighted by Crippen LogP contribution is -2.45. The van der Waals surface area contributed by atoms with Crippen molar-refractivity contribution in [2.45, 2.75) is 24.3 Å². The molecule has 2 N–H and O–H groups in total. The number of anilines is 1. The lowest BCUT2D eigenvalue weighted by atomic mass is 10.1. The fourth-order valence-electron chi connectivity index (χ4n) is 2.98. The number of hydrogen-bond acceptors (Lipinski definition) is 4. The molecule has 1 atom stereocenters. The molecule has 0 heterocycles. The van der Waals surface area contributed by atoms with Crippen molar-refractivity contribution < 1.29 is 17.9 Å². The molecule has 162 valence electrons. The first-order valence-electron chi connectivity index (χ1n) is 9.73. The van der Waals surface area contributed by atoms with Gasteiger partial charge in [-0.05, 0) is 55.3 Å². The van der Waals surface area contributed by atoms with E-state index in [1.54, 1.807) is 24.3 Å². The Kier molecular flexibility index (Phi) is 7.68. The van der Waals surface area contributed by atoms with Gasteiger partial charge in [-0.15, -0.1) is 0 Å². The largest absolute Gasteiger partial charge is 0.492 e. The summed E-state index contributed by atoms with van der Waals surface area (Å²) in [6.45, 7) is 2.28. The molecular weight excluding hydrogens is 436 g/mol. The average molecular weight is 459 g/mol. The smallest absolute Gasteiger partial charge is 0.243 e. The summed E-state index contributed by atoms with van der Waals surface area (Å²) in [5.74, 6) is 0.0194. The van der Waals surface area contributed by atoms with Crippen LogP contribution in [0.25, 0.3) is 0 Å². The summed E-state index contributed by atoms with van der Waals surface area (Å²) >= 11 is 5.86. The number of carbonyl (C=O) groups excluding carboxylic acids is 1. The van der Waals surface area contributed by atoms with Crippen LogP contribution in [0.2, 0.25) is 5.02 Å². The molecular formula is C23H23ClN2O4S. The predicted octanol–water partition coefficient (Wildman–Crippen LogP) is 4.27. The minimum atomic E-state index is -3.95. The normalized spacial score (nSPS) is 12.2. The maximum atomic E-state index is 13.1. The molecule has 0 aliphatic carbocycles. The van der Waals surface area contributed by atoms with Crippen LogP contribution >= 0.6 is 11.6 Å². The Bertz CT molecular complexity index is 1120. The molecule has 0 aliphatic heterocycles. The molecule has 0 saturated carbocycles. The molecule has 31 heavy (non-hydrogen) atoms. The lowest BCUT2D eigenvalue weighted by Gasteiger charge is -2.20. The van der Waals surface area contributed by atoms with Crippen molar-refractivity contribution in [1.82, 2.24) is 4.72 Å². The van der Waals surface area contributed by atoms with Crippen molar-refractivity contribution >= 4 is 33.2 Å². The van der Waals surface area contributed by atoms with Gasteiger partial charge in [0, 0.05) is 5.02 Å². The van der Waals surface area contributed by atoms with Crippen molar-refractivity contribution in [3.8, 4) is 5.75 Å². The Hall–Kier alpha value is -2.87. The van der Waals surface area contributed by atoms with Gasteiger partial charge in [0.2, 0.25) is 15.9 Å². The Labute approximate surface area is 187 Å². The summed E-state index contributed by atoms with van der Waals surface area (Å²) in [5.41, 5.74) is 1.29. The molecule has 1 amide bonds. The van der Waals surface area contributed by atoms with Gasteiger partial charge in [-0.1, -0.05) is 54.1 Å². The number of ether oxygens (including phenoxy) is 1. The van der Waals surface area contributed by atoms with E-state index in [4.69, 9.17) is 16.3 Å². The van der Waals surface area contributed by atoms with Crippen LogP contribution < -0.4 is 14.8 Å². The van der Waals surface area contributed by atoms with Crippen LogP contribution in [-0.4, -0.2) is 27.0 Å². The minimum absolute atomic E-state index is 0.0254. The maximum Gasteiger partial charge on any atom is 0.243 e. The first-order chi connectivity index (χ1) is 14.9. The highest BCUT2D eigenvalue weighted by Gasteiger charge is 2.27. The second kappa shape index (κ2) is 10.4. The summed E-state index contributed by atoms with van der Waals surface area (Å²) in [4.78, 5) is 13.1. The number of benzene rings is 3. The second-order valence-corrected chi connectivity index (χ2v) is 8.89. The zero-order valence-electron chi connectivity index (χ0n) is 16.9. The van der Waals surface area contributed by atoms with Gasteiger partial charge < -0.3 is 10.1 Å². The van der Waals surface area contributed by atoms with Gasteiger partial charge in [-0.25, -0.2) is 8.42 Å². The molecule has 0 bridgehead atoms. The highest BCUT2D eigenvalue weighted by molar-refractivity contribution is 7.89. The van der Waals surface area contributed by atoms with Crippen molar-refractivity contribution in [3.05, 3.63) is 89.4 Å². The first kappa shape index (κ1) is 22.8. The molecule has 0 saturated heterocycles. The molecule has 0 aliphatic rings. The fraction of sp³-hybridized carbons (Fsp3) is 0.174. The number of hydrogen-bond donors (Lipinski definition) is 2. The number of amides is 1. The zero-order chi connectivity index (χ0) is 22.3. The lowest BCUT2D eigenvalue weighted by molar-refractivity contribution is -0.117.